The van der Waals surface area contributed by atoms with Gasteiger partial charge in [-0.1, -0.05) is 83.9 Å². The number of hydrogen-bond donors (Lipinski definition) is 0. The van der Waals surface area contributed by atoms with Crippen LogP contribution in [0, 0.1) is 13.8 Å². The highest BCUT2D eigenvalue weighted by Gasteiger charge is 2.22. The molecule has 0 saturated heterocycles. The van der Waals surface area contributed by atoms with E-state index in [0.29, 0.717) is 40.9 Å². The third kappa shape index (κ3) is 11.7. The van der Waals surface area contributed by atoms with E-state index in [1.54, 1.807) is 121 Å². The number of rotatable bonds is 17. The molecule has 0 aliphatic heterocycles. The van der Waals surface area contributed by atoms with Crippen LogP contribution in [-0.4, -0.2) is 33.7 Å². The first-order valence-corrected chi connectivity index (χ1v) is 30.3. The van der Waals surface area contributed by atoms with Crippen molar-refractivity contribution >= 4 is 39.3 Å². The molecule has 0 aliphatic rings. The van der Waals surface area contributed by atoms with Crippen LogP contribution < -0.4 is 14.2 Å². The zero-order chi connectivity index (χ0) is 54.7. The summed E-state index contributed by atoms with van der Waals surface area (Å²) >= 11 is 0. The van der Waals surface area contributed by atoms with Gasteiger partial charge in [0.05, 0.1) is 39.2 Å². The van der Waals surface area contributed by atoms with Gasteiger partial charge in [-0.2, -0.15) is 0 Å². The van der Waals surface area contributed by atoms with Crippen molar-refractivity contribution in [3.8, 4) is 45.6 Å². The number of sulfone groups is 4. The summed E-state index contributed by atoms with van der Waals surface area (Å²) in [4.78, 5) is 1.12. The molecular weight excluding hydrogens is 1060 g/mol. The van der Waals surface area contributed by atoms with E-state index in [9.17, 15) is 33.7 Å². The Hall–Kier alpha value is -8.60. The second kappa shape index (κ2) is 21.8. The molecule has 0 bridgehead atoms. The number of hydrogen-bond acceptors (Lipinski definition) is 11. The van der Waals surface area contributed by atoms with Crippen LogP contribution >= 0.6 is 0 Å². The second-order valence-electron chi connectivity index (χ2n) is 18.3. The predicted octanol–water partition coefficient (Wildman–Crippen LogP) is 14.3. The zero-order valence-corrected chi connectivity index (χ0v) is 45.2. The van der Waals surface area contributed by atoms with Crippen LogP contribution in [0.2, 0.25) is 0 Å². The molecule has 0 unspecified atom stereocenters. The van der Waals surface area contributed by atoms with Gasteiger partial charge in [0.15, 0.2) is 0 Å². The van der Waals surface area contributed by atoms with Crippen LogP contribution in [0.25, 0.3) is 11.1 Å². The Morgan fingerprint density at radius 2 is 0.397 bits per heavy atom. The fourth-order valence-electron chi connectivity index (χ4n) is 8.37. The van der Waals surface area contributed by atoms with Crippen molar-refractivity contribution in [3.05, 3.63) is 265 Å². The van der Waals surface area contributed by atoms with Crippen molar-refractivity contribution in [2.45, 2.75) is 59.4 Å². The third-order valence-corrected chi connectivity index (χ3v) is 20.0. The van der Waals surface area contributed by atoms with Gasteiger partial charge in [-0.25, -0.2) is 33.7 Å². The number of benzene rings is 10. The van der Waals surface area contributed by atoms with E-state index in [2.05, 4.69) is 0 Å². The minimum atomic E-state index is -3.87. The van der Waals surface area contributed by atoms with Crippen molar-refractivity contribution in [3.63, 3.8) is 0 Å². The summed E-state index contributed by atoms with van der Waals surface area (Å²) in [6.07, 6.45) is 0.435. The monoisotopic (exact) mass is 1110 g/mol. The van der Waals surface area contributed by atoms with Gasteiger partial charge in [0.2, 0.25) is 39.3 Å². The Labute approximate surface area is 454 Å². The fourth-order valence-corrected chi connectivity index (χ4v) is 13.4. The van der Waals surface area contributed by atoms with Crippen LogP contribution in [0.3, 0.4) is 0 Å². The molecule has 0 atom stereocenters. The first-order chi connectivity index (χ1) is 37.4. The molecule has 15 heteroatoms. The van der Waals surface area contributed by atoms with E-state index in [0.717, 1.165) is 33.4 Å². The first kappa shape index (κ1) is 52.8. The highest BCUT2D eigenvalue weighted by Crippen LogP contribution is 2.33. The molecule has 0 radical (unpaired) electrons. The lowest BCUT2D eigenvalue weighted by atomic mass is 10.1. The van der Waals surface area contributed by atoms with Gasteiger partial charge in [-0.3, -0.25) is 0 Å². The summed E-state index contributed by atoms with van der Waals surface area (Å²) in [5, 5.41) is 0. The molecule has 10 aromatic carbocycles. The fraction of sp³-hybridized carbons (Fsp3) is 0.0476. The summed E-state index contributed by atoms with van der Waals surface area (Å²) < 4.78 is 125. The molecule has 11 nitrogen and oxygen atoms in total. The van der Waals surface area contributed by atoms with E-state index in [4.69, 9.17) is 14.2 Å². The van der Waals surface area contributed by atoms with E-state index in [1.165, 1.54) is 72.8 Å². The highest BCUT2D eigenvalue weighted by atomic mass is 32.2. The molecule has 78 heavy (non-hydrogen) atoms. The van der Waals surface area contributed by atoms with Crippen molar-refractivity contribution in [2.24, 2.45) is 0 Å². The van der Waals surface area contributed by atoms with Crippen molar-refractivity contribution in [1.82, 2.24) is 0 Å². The number of ether oxygens (including phenoxy) is 3. The average Bonchev–Trinajstić information content (AvgIpc) is 3.46. The molecule has 10 aromatic rings. The molecule has 0 amide bonds. The Kier molecular flexibility index (Phi) is 14.8. The molecule has 0 heterocycles. The first-order valence-electron chi connectivity index (χ1n) is 24.4. The summed E-state index contributed by atoms with van der Waals surface area (Å²) in [6.45, 7) is 3.78. The maximum absolute atomic E-state index is 13.6. The van der Waals surface area contributed by atoms with Gasteiger partial charge in [0.25, 0.3) is 0 Å². The van der Waals surface area contributed by atoms with Crippen molar-refractivity contribution in [1.29, 1.82) is 0 Å². The summed E-state index contributed by atoms with van der Waals surface area (Å²) in [7, 11) is -15.1. The van der Waals surface area contributed by atoms with Crippen LogP contribution in [0.5, 0.6) is 34.5 Å². The lowest BCUT2D eigenvalue weighted by molar-refractivity contribution is 0.481. The van der Waals surface area contributed by atoms with E-state index in [-0.39, 0.29) is 39.2 Å². The quantitative estimate of drug-likeness (QED) is 0.0852. The average molecular weight is 1110 g/mol. The van der Waals surface area contributed by atoms with Gasteiger partial charge in [0, 0.05) is 0 Å². The zero-order valence-electron chi connectivity index (χ0n) is 41.9. The molecule has 0 fully saturated rings. The van der Waals surface area contributed by atoms with Gasteiger partial charge in [-0.05, 0) is 212 Å². The van der Waals surface area contributed by atoms with E-state index >= 15 is 0 Å². The normalized spacial score (nSPS) is 11.9. The largest absolute Gasteiger partial charge is 0.457 e. The Bertz CT molecular complexity index is 4210. The lowest BCUT2D eigenvalue weighted by Gasteiger charge is -2.10. The molecule has 0 aromatic heterocycles. The minimum Gasteiger partial charge on any atom is -0.457 e. The maximum atomic E-state index is 13.6. The van der Waals surface area contributed by atoms with Gasteiger partial charge in [0.1, 0.15) is 34.5 Å². The molecule has 0 spiro atoms. The Morgan fingerprint density at radius 1 is 0.231 bits per heavy atom. The van der Waals surface area contributed by atoms with Gasteiger partial charge >= 0.3 is 0 Å². The van der Waals surface area contributed by atoms with Gasteiger partial charge < -0.3 is 14.2 Å². The third-order valence-electron chi connectivity index (χ3n) is 12.8. The standard InChI is InChI=1S/C63H48O11S4/c1-44-3-27-56(28-4-44)75(64,65)60-35-19-52(20-36-60)72-50-15-11-48(12-16-50)49-13-17-51(18-14-49)73-53-21-39-62(40-22-53)77(68,69)58-31-7-46(8-32-58)43-47-9-33-59(34-10-47)78(70,71)63-41-25-55(26-42-63)74-54-23-37-61(38-24-54)76(66,67)57-29-5-45(2)6-30-57/h3-42H,43H2,1-2H3. The SMILES string of the molecule is Cc1ccc(S(=O)(=O)c2ccc(Oc3ccc(-c4ccc(Oc5ccc(S(=O)(=O)c6ccc(Cc7ccc(S(=O)(=O)c8ccc(Oc9ccc(S(=O)(=O)c%10ccc(C)cc%10)cc9)cc8)cc7)cc6)cc5)cc4)cc3)cc2)cc1. The topological polar surface area (TPSA) is 164 Å². The van der Waals surface area contributed by atoms with Crippen molar-refractivity contribution in [2.75, 3.05) is 0 Å². The van der Waals surface area contributed by atoms with Crippen LogP contribution in [0.1, 0.15) is 22.3 Å². The Morgan fingerprint density at radius 3 is 0.603 bits per heavy atom. The van der Waals surface area contributed by atoms with E-state index < -0.39 is 39.3 Å². The lowest BCUT2D eigenvalue weighted by Crippen LogP contribution is -2.03. The van der Waals surface area contributed by atoms with Crippen molar-refractivity contribution < 1.29 is 47.9 Å². The Balaban J connectivity index is 0.700. The molecular formula is C63H48O11S4. The molecule has 0 aliphatic carbocycles. The van der Waals surface area contributed by atoms with Gasteiger partial charge in [-0.15, -0.1) is 0 Å². The second-order valence-corrected chi connectivity index (χ2v) is 26.1. The smallest absolute Gasteiger partial charge is 0.206 e. The maximum Gasteiger partial charge on any atom is 0.206 e. The molecule has 0 saturated carbocycles. The summed E-state index contributed by atoms with van der Waals surface area (Å²) in [5.41, 5.74) is 5.46. The summed E-state index contributed by atoms with van der Waals surface area (Å²) in [6, 6.07) is 65.9. The van der Waals surface area contributed by atoms with Crippen LogP contribution in [-0.2, 0) is 45.8 Å². The molecule has 0 N–H and O–H groups in total. The molecule has 10 rings (SSSR count). The highest BCUT2D eigenvalue weighted by molar-refractivity contribution is 7.92. The predicted molar refractivity (Wildman–Crippen MR) is 298 cm³/mol. The van der Waals surface area contributed by atoms with E-state index in [1.807, 2.05) is 62.4 Å². The molecule has 390 valence electrons. The summed E-state index contributed by atoms with van der Waals surface area (Å²) in [5.74, 6) is 2.85. The minimum absolute atomic E-state index is 0.0684. The van der Waals surface area contributed by atoms with Crippen LogP contribution in [0.15, 0.2) is 282 Å². The number of aryl methyl sites for hydroxylation is 2. The van der Waals surface area contributed by atoms with Crippen LogP contribution in [0.4, 0.5) is 0 Å².